The molecule has 7 heteroatoms. The van der Waals surface area contributed by atoms with Gasteiger partial charge in [-0.1, -0.05) is 57.2 Å². The molecule has 1 aromatic carbocycles. The van der Waals surface area contributed by atoms with Crippen LogP contribution in [0.4, 0.5) is 0 Å². The third kappa shape index (κ3) is 7.81. The Kier molecular flexibility index (Phi) is 11.6. The molecule has 0 bridgehead atoms. The van der Waals surface area contributed by atoms with E-state index in [1.165, 1.54) is 13.2 Å². The van der Waals surface area contributed by atoms with Crippen LogP contribution in [0.3, 0.4) is 0 Å². The van der Waals surface area contributed by atoms with Crippen LogP contribution in [0.5, 0.6) is 0 Å². The highest BCUT2D eigenvalue weighted by Crippen LogP contribution is 2.37. The number of carbonyl (C=O) groups excluding carboxylic acids is 1. The van der Waals surface area contributed by atoms with E-state index >= 15 is 0 Å². The summed E-state index contributed by atoms with van der Waals surface area (Å²) in [6.45, 7) is 7.40. The van der Waals surface area contributed by atoms with Gasteiger partial charge in [-0.2, -0.15) is 0 Å². The molecule has 1 saturated carbocycles. The van der Waals surface area contributed by atoms with Crippen LogP contribution >= 0.6 is 0 Å². The summed E-state index contributed by atoms with van der Waals surface area (Å²) in [4.78, 5) is 11.8. The number of hydrogen-bond acceptors (Lipinski definition) is 6. The second kappa shape index (κ2) is 13.9. The van der Waals surface area contributed by atoms with E-state index < -0.39 is 8.32 Å². The Morgan fingerprint density at radius 2 is 1.72 bits per heavy atom. The molecule has 1 fully saturated rings. The SMILES string of the molecule is CC[Si](CC)(CC)O[C@@H]1C(/C=C\C(=O)OC)C[C@@H](OCc2ccccc2)C[C@H]1OCOC. The predicted octanol–water partition coefficient (Wildman–Crippen LogP) is 5.09. The first-order valence-electron chi connectivity index (χ1n) is 11.7. The lowest BCUT2D eigenvalue weighted by molar-refractivity contribution is -0.155. The number of methoxy groups -OCH3 is 2. The van der Waals surface area contributed by atoms with Gasteiger partial charge in [-0.15, -0.1) is 0 Å². The maximum atomic E-state index is 11.8. The van der Waals surface area contributed by atoms with Crippen molar-refractivity contribution < 1.29 is 28.2 Å². The minimum absolute atomic E-state index is 0.00912. The smallest absolute Gasteiger partial charge is 0.330 e. The van der Waals surface area contributed by atoms with E-state index in [1.807, 2.05) is 24.3 Å². The Hall–Kier alpha value is -1.51. The summed E-state index contributed by atoms with van der Waals surface area (Å²) in [7, 11) is 1.12. The van der Waals surface area contributed by atoms with Crippen LogP contribution in [0.1, 0.15) is 39.2 Å². The fourth-order valence-corrected chi connectivity index (χ4v) is 7.26. The van der Waals surface area contributed by atoms with E-state index in [2.05, 4.69) is 32.9 Å². The largest absolute Gasteiger partial charge is 0.466 e. The quantitative estimate of drug-likeness (QED) is 0.175. The average molecular weight is 465 g/mol. The van der Waals surface area contributed by atoms with Gasteiger partial charge in [0.25, 0.3) is 0 Å². The Morgan fingerprint density at radius 3 is 2.31 bits per heavy atom. The number of hydrogen-bond donors (Lipinski definition) is 0. The molecule has 0 spiro atoms. The number of benzene rings is 1. The molecular formula is C25H40O6Si. The number of rotatable bonds is 13. The first-order valence-corrected chi connectivity index (χ1v) is 14.2. The van der Waals surface area contributed by atoms with Crippen LogP contribution in [0.15, 0.2) is 42.5 Å². The van der Waals surface area contributed by atoms with Crippen LogP contribution in [-0.4, -0.2) is 53.6 Å². The molecule has 4 atom stereocenters. The lowest BCUT2D eigenvalue weighted by Crippen LogP contribution is -2.52. The second-order valence-electron chi connectivity index (χ2n) is 8.37. The van der Waals surface area contributed by atoms with E-state index in [4.69, 9.17) is 23.4 Å². The Bertz CT molecular complexity index is 683. The normalized spacial score (nSPS) is 24.0. The van der Waals surface area contributed by atoms with Crippen molar-refractivity contribution >= 4 is 14.3 Å². The van der Waals surface area contributed by atoms with Gasteiger partial charge in [-0.05, 0) is 30.1 Å². The van der Waals surface area contributed by atoms with Crippen LogP contribution < -0.4 is 0 Å². The first-order chi connectivity index (χ1) is 15.5. The monoisotopic (exact) mass is 464 g/mol. The highest BCUT2D eigenvalue weighted by Gasteiger charge is 2.43. The molecule has 1 aliphatic carbocycles. The predicted molar refractivity (Wildman–Crippen MR) is 128 cm³/mol. The van der Waals surface area contributed by atoms with E-state index in [-0.39, 0.29) is 37.0 Å². The van der Waals surface area contributed by atoms with Crippen molar-refractivity contribution in [3.05, 3.63) is 48.0 Å². The van der Waals surface area contributed by atoms with Crippen molar-refractivity contribution in [2.45, 2.75) is 76.7 Å². The fourth-order valence-electron chi connectivity index (χ4n) is 4.36. The summed E-state index contributed by atoms with van der Waals surface area (Å²) >= 11 is 0. The minimum Gasteiger partial charge on any atom is -0.466 e. The maximum absolute atomic E-state index is 11.8. The van der Waals surface area contributed by atoms with E-state index in [1.54, 1.807) is 7.11 Å². The van der Waals surface area contributed by atoms with Gasteiger partial charge in [0.1, 0.15) is 6.79 Å². The van der Waals surface area contributed by atoms with E-state index in [9.17, 15) is 4.79 Å². The molecule has 0 aromatic heterocycles. The summed E-state index contributed by atoms with van der Waals surface area (Å²) in [6, 6.07) is 13.3. The van der Waals surface area contributed by atoms with Crippen LogP contribution in [-0.2, 0) is 34.8 Å². The van der Waals surface area contributed by atoms with Crippen molar-refractivity contribution in [3.63, 3.8) is 0 Å². The summed E-state index contributed by atoms with van der Waals surface area (Å²) in [5.41, 5.74) is 1.14. The fraction of sp³-hybridized carbons (Fsp3) is 0.640. The number of esters is 1. The highest BCUT2D eigenvalue weighted by atomic mass is 28.4. The Morgan fingerprint density at radius 1 is 1.03 bits per heavy atom. The number of ether oxygens (including phenoxy) is 4. The minimum atomic E-state index is -1.90. The van der Waals surface area contributed by atoms with Crippen molar-refractivity contribution in [1.29, 1.82) is 0 Å². The molecule has 6 nitrogen and oxygen atoms in total. The molecule has 0 N–H and O–H groups in total. The third-order valence-electron chi connectivity index (χ3n) is 6.55. The molecule has 0 saturated heterocycles. The average Bonchev–Trinajstić information content (AvgIpc) is 2.84. The van der Waals surface area contributed by atoms with Gasteiger partial charge in [0.15, 0.2) is 8.32 Å². The molecule has 0 amide bonds. The lowest BCUT2D eigenvalue weighted by Gasteiger charge is -2.44. The van der Waals surface area contributed by atoms with Crippen molar-refractivity contribution in [1.82, 2.24) is 0 Å². The van der Waals surface area contributed by atoms with Crippen LogP contribution in [0.2, 0.25) is 18.1 Å². The van der Waals surface area contributed by atoms with Gasteiger partial charge in [0.2, 0.25) is 0 Å². The summed E-state index contributed by atoms with van der Waals surface area (Å²) in [5.74, 6) is -0.377. The van der Waals surface area contributed by atoms with Crippen molar-refractivity contribution in [2.24, 2.45) is 5.92 Å². The zero-order chi connectivity index (χ0) is 23.4. The van der Waals surface area contributed by atoms with Gasteiger partial charge in [0, 0.05) is 25.5 Å². The maximum Gasteiger partial charge on any atom is 0.330 e. The standard InChI is InChI=1S/C25H40O6Si/c1-6-32(7-2,8-3)31-25-21(14-15-24(26)28-5)16-22(17-23(25)30-19-27-4)29-18-20-12-10-9-11-13-20/h9-15,21-23,25H,6-8,16-19H2,1-5H3/b15-14-/t21?,22-,23-,25-/m1/s1. The van der Waals surface area contributed by atoms with Gasteiger partial charge >= 0.3 is 5.97 Å². The Balaban J connectivity index is 2.25. The van der Waals surface area contributed by atoms with E-state index in [0.717, 1.165) is 36.5 Å². The third-order valence-corrected chi connectivity index (χ3v) is 11.2. The lowest BCUT2D eigenvalue weighted by atomic mass is 9.82. The Labute approximate surface area is 194 Å². The summed E-state index contributed by atoms with van der Waals surface area (Å²) in [6.07, 6.45) is 4.58. The first kappa shape index (κ1) is 26.7. The zero-order valence-electron chi connectivity index (χ0n) is 20.3. The highest BCUT2D eigenvalue weighted by molar-refractivity contribution is 6.73. The molecule has 180 valence electrons. The van der Waals surface area contributed by atoms with Gasteiger partial charge in [0.05, 0.1) is 32.0 Å². The molecule has 0 heterocycles. The van der Waals surface area contributed by atoms with Gasteiger partial charge in [-0.25, -0.2) is 4.79 Å². The molecular weight excluding hydrogens is 424 g/mol. The molecule has 0 radical (unpaired) electrons. The second-order valence-corrected chi connectivity index (χ2v) is 13.1. The molecule has 1 aromatic rings. The van der Waals surface area contributed by atoms with Gasteiger partial charge < -0.3 is 23.4 Å². The van der Waals surface area contributed by atoms with Gasteiger partial charge in [-0.3, -0.25) is 0 Å². The molecule has 2 rings (SSSR count). The molecule has 32 heavy (non-hydrogen) atoms. The van der Waals surface area contributed by atoms with Crippen LogP contribution in [0, 0.1) is 5.92 Å². The van der Waals surface area contributed by atoms with Crippen molar-refractivity contribution in [3.8, 4) is 0 Å². The zero-order valence-corrected chi connectivity index (χ0v) is 21.3. The number of carbonyl (C=O) groups is 1. The van der Waals surface area contributed by atoms with E-state index in [0.29, 0.717) is 6.61 Å². The van der Waals surface area contributed by atoms with Crippen molar-refractivity contribution in [2.75, 3.05) is 21.0 Å². The summed E-state index contributed by atoms with van der Waals surface area (Å²) in [5, 5.41) is 0. The summed E-state index contributed by atoms with van der Waals surface area (Å²) < 4.78 is 29.4. The molecule has 1 unspecified atom stereocenters. The molecule has 0 aliphatic heterocycles. The topological polar surface area (TPSA) is 63.2 Å². The molecule has 1 aliphatic rings. The van der Waals surface area contributed by atoms with Crippen LogP contribution in [0.25, 0.3) is 0 Å².